The molecule has 0 aromatic carbocycles. The van der Waals surface area contributed by atoms with Crippen LogP contribution in [-0.4, -0.2) is 81.3 Å². The van der Waals surface area contributed by atoms with E-state index in [1.54, 1.807) is 0 Å². The number of carboxylic acid groups (broad SMARTS) is 1. The van der Waals surface area contributed by atoms with Gasteiger partial charge in [-0.1, -0.05) is 64.2 Å². The molecule has 11 heteroatoms. The maximum atomic E-state index is 13.4. The van der Waals surface area contributed by atoms with Crippen LogP contribution >= 0.6 is 0 Å². The Balaban J connectivity index is 2.32. The van der Waals surface area contributed by atoms with Crippen molar-refractivity contribution in [1.82, 2.24) is 15.2 Å². The number of aliphatic carboxylic acids is 1. The largest absolute Gasteiger partial charge is 0.480 e. The number of likely N-dealkylation sites (tertiary alicyclic amines) is 1. The van der Waals surface area contributed by atoms with Crippen LogP contribution in [0, 0.1) is 0 Å². The Labute approximate surface area is 241 Å². The van der Waals surface area contributed by atoms with Gasteiger partial charge in [0.1, 0.15) is 25.3 Å². The molecule has 0 bridgehead atoms. The molecule has 2 rings (SSSR count). The fourth-order valence-corrected chi connectivity index (χ4v) is 6.92. The summed E-state index contributed by atoms with van der Waals surface area (Å²) in [6.07, 6.45) is 6.77. The molecule has 0 radical (unpaired) electrons. The minimum absolute atomic E-state index is 0.0224. The van der Waals surface area contributed by atoms with Crippen LogP contribution < -0.4 is 10.7 Å². The monoisotopic (exact) mass is 591 g/mol. The molecule has 1 aromatic rings. The topological polar surface area (TPSA) is 122 Å². The molecule has 1 aliphatic heterocycles. The third-order valence-electron chi connectivity index (χ3n) is 7.53. The number of oxazole rings is 1. The number of amides is 1. The van der Waals surface area contributed by atoms with Gasteiger partial charge in [0.15, 0.2) is 14.0 Å². The summed E-state index contributed by atoms with van der Waals surface area (Å²) in [6, 6.07) is -0.866. The number of allylic oxidation sites excluding steroid dienone is 2. The predicted molar refractivity (Wildman–Crippen MR) is 163 cm³/mol. The van der Waals surface area contributed by atoms with Gasteiger partial charge in [-0.3, -0.25) is 9.59 Å². The highest BCUT2D eigenvalue weighted by Crippen LogP contribution is 2.38. The fraction of sp³-hybridized carbons (Fsp3) is 0.655. The number of carbonyl (C=O) groups is 3. The zero-order valence-electron chi connectivity index (χ0n) is 26.0. The Bertz CT molecular complexity index is 1130. The second-order valence-electron chi connectivity index (χ2n) is 13.2. The number of likely N-dealkylation sites (N-methyl/N-ethyl adjacent to an activating group) is 1. The normalized spacial score (nSPS) is 18.0. The molecule has 0 unspecified atom stereocenters. The molecule has 0 aliphatic carbocycles. The van der Waals surface area contributed by atoms with Gasteiger partial charge in [-0.2, -0.15) is 0 Å². The van der Waals surface area contributed by atoms with E-state index in [1.807, 2.05) is 51.8 Å². The molecule has 0 spiro atoms. The summed E-state index contributed by atoms with van der Waals surface area (Å²) in [4.78, 5) is 44.3. The lowest BCUT2D eigenvalue weighted by atomic mass is 10.1. The highest BCUT2D eigenvalue weighted by molar-refractivity contribution is 6.88. The second kappa shape index (κ2) is 13.5. The molecule has 1 saturated heterocycles. The Morgan fingerprint density at radius 3 is 2.42 bits per heavy atom. The smallest absolute Gasteiger partial charge is 0.326 e. The first-order chi connectivity index (χ1) is 18.4. The summed E-state index contributed by atoms with van der Waals surface area (Å²) in [7, 11) is -2.46. The van der Waals surface area contributed by atoms with Gasteiger partial charge in [0.2, 0.25) is 5.89 Å². The van der Waals surface area contributed by atoms with E-state index in [0.29, 0.717) is 24.8 Å². The van der Waals surface area contributed by atoms with Gasteiger partial charge in [-0.25, -0.2) is 9.78 Å². The Morgan fingerprint density at radius 2 is 1.88 bits per heavy atom. The number of carboxylic acids is 1. The number of hydrogen-bond donors (Lipinski definition) is 2. The molecule has 2 atom stereocenters. The fourth-order valence-electron chi connectivity index (χ4n) is 4.36. The van der Waals surface area contributed by atoms with E-state index in [2.05, 4.69) is 44.2 Å². The van der Waals surface area contributed by atoms with Crippen LogP contribution in [0.2, 0.25) is 37.8 Å². The lowest BCUT2D eigenvalue weighted by molar-refractivity contribution is -0.141. The first kappa shape index (κ1) is 33.9. The summed E-state index contributed by atoms with van der Waals surface area (Å²) in [5.74, 6) is -1.36. The lowest BCUT2D eigenvalue weighted by Gasteiger charge is -2.38. The van der Waals surface area contributed by atoms with Gasteiger partial charge < -0.3 is 24.2 Å². The zero-order chi connectivity index (χ0) is 30.5. The number of aromatic nitrogens is 1. The van der Waals surface area contributed by atoms with Gasteiger partial charge in [0, 0.05) is 19.5 Å². The molecule has 224 valence electrons. The third kappa shape index (κ3) is 9.08. The molecule has 1 amide bonds. The maximum Gasteiger partial charge on any atom is 0.326 e. The van der Waals surface area contributed by atoms with Crippen LogP contribution in [0.5, 0.6) is 0 Å². The average molecular weight is 592 g/mol. The van der Waals surface area contributed by atoms with Crippen molar-refractivity contribution in [3.8, 4) is 0 Å². The molecule has 40 heavy (non-hydrogen) atoms. The van der Waals surface area contributed by atoms with Crippen molar-refractivity contribution in [3.63, 3.8) is 0 Å². The molecule has 9 nitrogen and oxygen atoms in total. The molecule has 1 fully saturated rings. The maximum absolute atomic E-state index is 13.4. The number of nitrogens with zero attached hydrogens (tertiary/aromatic N) is 2. The Hall–Kier alpha value is -2.35. The van der Waals surface area contributed by atoms with Gasteiger partial charge in [-0.05, 0) is 44.9 Å². The highest BCUT2D eigenvalue weighted by Gasteiger charge is 2.41. The summed E-state index contributed by atoms with van der Waals surface area (Å²) >= 11 is 0. The van der Waals surface area contributed by atoms with Gasteiger partial charge >= 0.3 is 5.97 Å². The third-order valence-corrected chi connectivity index (χ3v) is 13.7. The van der Waals surface area contributed by atoms with Crippen LogP contribution in [-0.2, 0) is 20.4 Å². The summed E-state index contributed by atoms with van der Waals surface area (Å²) in [5.41, 5.74) is 1.16. The van der Waals surface area contributed by atoms with E-state index in [1.165, 1.54) is 4.90 Å². The van der Waals surface area contributed by atoms with E-state index in [9.17, 15) is 19.5 Å². The molecule has 0 saturated carbocycles. The van der Waals surface area contributed by atoms with Crippen molar-refractivity contribution in [2.45, 2.75) is 103 Å². The molecule has 1 aromatic heterocycles. The number of carbonyl (C=O) groups excluding carboxylic acids is 2. The van der Waals surface area contributed by atoms with E-state index in [4.69, 9.17) is 8.84 Å². The number of hydrogen-bond acceptors (Lipinski definition) is 7. The highest BCUT2D eigenvalue weighted by atomic mass is 28.4. The zero-order valence-corrected chi connectivity index (χ0v) is 28.0. The van der Waals surface area contributed by atoms with Crippen molar-refractivity contribution in [2.75, 3.05) is 20.1 Å². The summed E-state index contributed by atoms with van der Waals surface area (Å²) in [5, 5.41) is 13.1. The van der Waals surface area contributed by atoms with Crippen molar-refractivity contribution in [3.05, 3.63) is 35.4 Å². The van der Waals surface area contributed by atoms with Crippen LogP contribution in [0.25, 0.3) is 0 Å². The first-order valence-corrected chi connectivity index (χ1v) is 20.5. The minimum Gasteiger partial charge on any atom is -0.480 e. The Morgan fingerprint density at radius 1 is 1.23 bits per heavy atom. The SMILES string of the molecule is CNC/C=C/C(C)=C/[C@H](CC(=O)Cc1nc(C(=O)N2CCC[C@@H]2C(=O)O)c([Si](C)(C)C)o1)O[Si](C)(C)C(C)(C)C. The van der Waals surface area contributed by atoms with Gasteiger partial charge in [0.05, 0.1) is 12.5 Å². The van der Waals surface area contributed by atoms with Crippen molar-refractivity contribution < 1.29 is 28.3 Å². The van der Waals surface area contributed by atoms with Gasteiger partial charge in [-0.15, -0.1) is 0 Å². The van der Waals surface area contributed by atoms with Crippen LogP contribution in [0.3, 0.4) is 0 Å². The lowest BCUT2D eigenvalue weighted by Crippen LogP contribution is -2.46. The quantitative estimate of drug-likeness (QED) is 0.254. The van der Waals surface area contributed by atoms with Crippen LogP contribution in [0.1, 0.15) is 63.3 Å². The van der Waals surface area contributed by atoms with E-state index < -0.39 is 40.4 Å². The molecule has 2 N–H and O–H groups in total. The van der Waals surface area contributed by atoms with Gasteiger partial charge in [0.25, 0.3) is 5.91 Å². The van der Waals surface area contributed by atoms with Crippen LogP contribution in [0.4, 0.5) is 0 Å². The number of Topliss-reactive ketones (excluding diaryl/α,β-unsaturated/α-hetero) is 1. The predicted octanol–water partition coefficient (Wildman–Crippen LogP) is 4.52. The first-order valence-electron chi connectivity index (χ1n) is 14.1. The molecule has 2 heterocycles. The van der Waals surface area contributed by atoms with Crippen LogP contribution in [0.15, 0.2) is 28.2 Å². The average Bonchev–Trinajstić information content (AvgIpc) is 3.45. The van der Waals surface area contributed by atoms with Crippen molar-refractivity contribution in [2.24, 2.45) is 0 Å². The number of nitrogens with one attached hydrogen (secondary N) is 1. The molecule has 1 aliphatic rings. The Kier molecular flexibility index (Phi) is 11.5. The number of ketones is 1. The van der Waals surface area contributed by atoms with E-state index in [-0.39, 0.29) is 35.2 Å². The number of rotatable bonds is 13. The van der Waals surface area contributed by atoms with Crippen molar-refractivity contribution >= 4 is 39.4 Å². The molecular weight excluding hydrogens is 543 g/mol. The summed E-state index contributed by atoms with van der Waals surface area (Å²) in [6.45, 7) is 20.0. The minimum atomic E-state index is -2.17. The van der Waals surface area contributed by atoms with E-state index >= 15 is 0 Å². The van der Waals surface area contributed by atoms with Crippen molar-refractivity contribution in [1.29, 1.82) is 0 Å². The second-order valence-corrected chi connectivity index (χ2v) is 22.9. The standard InChI is InChI=1S/C29H49N3O6Si2/c1-20(13-11-15-30-5)17-22(38-40(9,10)29(2,3)4)18-21(33)19-24-31-25(28(37-24)39(6,7)8)26(34)32-16-12-14-23(32)27(35)36/h11,13,17,22-23,30H,12,14-16,18-19H2,1-10H3,(H,35,36)/b13-11+,20-17+/t22-,23-/m1/s1. The summed E-state index contributed by atoms with van der Waals surface area (Å²) < 4.78 is 12.7. The molecular formula is C29H49N3O6Si2. The van der Waals surface area contributed by atoms with E-state index in [0.717, 1.165) is 12.1 Å².